The molecule has 4 rings (SSSR count). The standard InChI is InChI=1S/C23H24ClN3O3/c1-2-3-12-29-20-10-6-17(7-11-20)22-25-23(30-26-22)18-13-21(28)27(15-18)14-16-4-8-19(24)9-5-16/h4-11,18H,2-3,12-15H2,1H3. The summed E-state index contributed by atoms with van der Waals surface area (Å²) in [6, 6.07) is 15.2. The second-order valence-corrected chi connectivity index (χ2v) is 7.92. The molecule has 1 saturated heterocycles. The van der Waals surface area contributed by atoms with Crippen molar-refractivity contribution in [3.05, 3.63) is 65.0 Å². The summed E-state index contributed by atoms with van der Waals surface area (Å²) in [4.78, 5) is 18.8. The Kier molecular flexibility index (Phi) is 6.33. The lowest BCUT2D eigenvalue weighted by molar-refractivity contribution is -0.128. The van der Waals surface area contributed by atoms with Crippen LogP contribution in [-0.2, 0) is 11.3 Å². The van der Waals surface area contributed by atoms with Crippen LogP contribution >= 0.6 is 11.6 Å². The highest BCUT2D eigenvalue weighted by Gasteiger charge is 2.34. The third-order valence-corrected chi connectivity index (χ3v) is 5.42. The Hall–Kier alpha value is -2.86. The van der Waals surface area contributed by atoms with Gasteiger partial charge in [0.25, 0.3) is 0 Å². The highest BCUT2D eigenvalue weighted by Crippen LogP contribution is 2.30. The monoisotopic (exact) mass is 425 g/mol. The fraction of sp³-hybridized carbons (Fsp3) is 0.348. The van der Waals surface area contributed by atoms with Crippen LogP contribution in [0.25, 0.3) is 11.4 Å². The van der Waals surface area contributed by atoms with Crippen molar-refractivity contribution in [1.82, 2.24) is 15.0 Å². The molecular weight excluding hydrogens is 402 g/mol. The molecule has 30 heavy (non-hydrogen) atoms. The number of carbonyl (C=O) groups excluding carboxylic acids is 1. The zero-order valence-electron chi connectivity index (χ0n) is 16.9. The van der Waals surface area contributed by atoms with Crippen molar-refractivity contribution in [1.29, 1.82) is 0 Å². The lowest BCUT2D eigenvalue weighted by Crippen LogP contribution is -2.24. The van der Waals surface area contributed by atoms with E-state index >= 15 is 0 Å². The molecule has 0 N–H and O–H groups in total. The van der Waals surface area contributed by atoms with Crippen molar-refractivity contribution in [2.24, 2.45) is 0 Å². The maximum atomic E-state index is 12.4. The van der Waals surface area contributed by atoms with E-state index in [2.05, 4.69) is 17.1 Å². The van der Waals surface area contributed by atoms with Crippen molar-refractivity contribution >= 4 is 17.5 Å². The van der Waals surface area contributed by atoms with E-state index < -0.39 is 0 Å². The fourth-order valence-electron chi connectivity index (χ4n) is 3.45. The first-order chi connectivity index (χ1) is 14.6. The molecule has 1 aromatic heterocycles. The number of carbonyl (C=O) groups is 1. The van der Waals surface area contributed by atoms with Gasteiger partial charge in [0.2, 0.25) is 17.6 Å². The molecule has 1 fully saturated rings. The molecule has 0 spiro atoms. The molecule has 1 aliphatic rings. The van der Waals surface area contributed by atoms with Crippen molar-refractivity contribution in [2.75, 3.05) is 13.2 Å². The molecule has 3 aromatic rings. The summed E-state index contributed by atoms with van der Waals surface area (Å²) in [6.07, 6.45) is 2.51. The zero-order chi connectivity index (χ0) is 20.9. The van der Waals surface area contributed by atoms with Gasteiger partial charge in [-0.25, -0.2) is 0 Å². The Morgan fingerprint density at radius 2 is 1.93 bits per heavy atom. The van der Waals surface area contributed by atoms with Crippen LogP contribution in [0.15, 0.2) is 53.1 Å². The highest BCUT2D eigenvalue weighted by molar-refractivity contribution is 6.30. The molecule has 0 aliphatic carbocycles. The first-order valence-electron chi connectivity index (χ1n) is 10.2. The molecule has 0 bridgehead atoms. The van der Waals surface area contributed by atoms with E-state index in [1.165, 1.54) is 0 Å². The second kappa shape index (κ2) is 9.30. The average molecular weight is 426 g/mol. The molecule has 1 atom stereocenters. The SMILES string of the molecule is CCCCOc1ccc(-c2noc(C3CC(=O)N(Cc4ccc(Cl)cc4)C3)n2)cc1. The van der Waals surface area contributed by atoms with Gasteiger partial charge >= 0.3 is 0 Å². The minimum absolute atomic E-state index is 0.0864. The predicted molar refractivity (Wildman–Crippen MR) is 114 cm³/mol. The lowest BCUT2D eigenvalue weighted by atomic mass is 10.1. The molecule has 7 heteroatoms. The van der Waals surface area contributed by atoms with E-state index in [-0.39, 0.29) is 11.8 Å². The van der Waals surface area contributed by atoms with E-state index in [9.17, 15) is 4.79 Å². The van der Waals surface area contributed by atoms with Crippen LogP contribution in [0, 0.1) is 0 Å². The molecule has 1 aliphatic heterocycles. The average Bonchev–Trinajstić information content (AvgIpc) is 3.38. The molecule has 1 amide bonds. The van der Waals surface area contributed by atoms with Crippen LogP contribution in [0.3, 0.4) is 0 Å². The smallest absolute Gasteiger partial charge is 0.232 e. The van der Waals surface area contributed by atoms with Gasteiger partial charge in [0.05, 0.1) is 12.5 Å². The summed E-state index contributed by atoms with van der Waals surface area (Å²) in [5.74, 6) is 1.84. The minimum Gasteiger partial charge on any atom is -0.494 e. The molecule has 0 radical (unpaired) electrons. The number of amides is 1. The number of nitrogens with zero attached hydrogens (tertiary/aromatic N) is 3. The quantitative estimate of drug-likeness (QED) is 0.470. The summed E-state index contributed by atoms with van der Waals surface area (Å²) in [5.41, 5.74) is 1.90. The number of hydrogen-bond donors (Lipinski definition) is 0. The van der Waals surface area contributed by atoms with Gasteiger partial charge in [-0.15, -0.1) is 0 Å². The van der Waals surface area contributed by atoms with E-state index in [1.807, 2.05) is 53.4 Å². The molecule has 2 aromatic carbocycles. The number of likely N-dealkylation sites (tertiary alicyclic amines) is 1. The number of rotatable bonds is 8. The molecule has 0 saturated carbocycles. The Morgan fingerprint density at radius 1 is 1.17 bits per heavy atom. The summed E-state index contributed by atoms with van der Waals surface area (Å²) in [5, 5.41) is 4.79. The number of unbranched alkanes of at least 4 members (excludes halogenated alkanes) is 1. The molecule has 156 valence electrons. The van der Waals surface area contributed by atoms with Gasteiger partial charge in [-0.2, -0.15) is 4.98 Å². The van der Waals surface area contributed by atoms with Crippen molar-refractivity contribution in [3.63, 3.8) is 0 Å². The van der Waals surface area contributed by atoms with E-state index in [0.29, 0.717) is 42.9 Å². The first-order valence-corrected chi connectivity index (χ1v) is 10.6. The third-order valence-electron chi connectivity index (χ3n) is 5.17. The Balaban J connectivity index is 1.39. The lowest BCUT2D eigenvalue weighted by Gasteiger charge is -2.16. The van der Waals surface area contributed by atoms with E-state index in [0.717, 1.165) is 29.7 Å². The van der Waals surface area contributed by atoms with E-state index in [1.54, 1.807) is 0 Å². The Morgan fingerprint density at radius 3 is 2.67 bits per heavy atom. The molecule has 1 unspecified atom stereocenters. The summed E-state index contributed by atoms with van der Waals surface area (Å²) in [6.45, 7) is 3.96. The molecule has 6 nitrogen and oxygen atoms in total. The number of halogens is 1. The number of benzene rings is 2. The normalized spacial score (nSPS) is 16.3. The van der Waals surface area contributed by atoms with Gasteiger partial charge < -0.3 is 14.2 Å². The second-order valence-electron chi connectivity index (χ2n) is 7.48. The van der Waals surface area contributed by atoms with Gasteiger partial charge in [-0.05, 0) is 48.4 Å². The zero-order valence-corrected chi connectivity index (χ0v) is 17.6. The van der Waals surface area contributed by atoms with Crippen LogP contribution in [0.4, 0.5) is 0 Å². The maximum Gasteiger partial charge on any atom is 0.232 e. The summed E-state index contributed by atoms with van der Waals surface area (Å²) < 4.78 is 11.2. The summed E-state index contributed by atoms with van der Waals surface area (Å²) in [7, 11) is 0. The predicted octanol–water partition coefficient (Wildman–Crippen LogP) is 5.09. The van der Waals surface area contributed by atoms with Crippen LogP contribution < -0.4 is 4.74 Å². The highest BCUT2D eigenvalue weighted by atomic mass is 35.5. The molecular formula is C23H24ClN3O3. The van der Waals surface area contributed by atoms with Crippen LogP contribution in [0.1, 0.15) is 43.6 Å². The fourth-order valence-corrected chi connectivity index (χ4v) is 3.58. The Bertz CT molecular complexity index is 986. The summed E-state index contributed by atoms with van der Waals surface area (Å²) >= 11 is 5.93. The van der Waals surface area contributed by atoms with Crippen molar-refractivity contribution < 1.29 is 14.1 Å². The number of ether oxygens (including phenoxy) is 1. The Labute approximate surface area is 180 Å². The number of aromatic nitrogens is 2. The van der Waals surface area contributed by atoms with Gasteiger partial charge in [-0.3, -0.25) is 4.79 Å². The van der Waals surface area contributed by atoms with Crippen LogP contribution in [0.5, 0.6) is 5.75 Å². The topological polar surface area (TPSA) is 68.5 Å². The van der Waals surface area contributed by atoms with Gasteiger partial charge in [0.1, 0.15) is 5.75 Å². The minimum atomic E-state index is -0.0947. The van der Waals surface area contributed by atoms with Crippen LogP contribution in [0.2, 0.25) is 5.02 Å². The van der Waals surface area contributed by atoms with Crippen molar-refractivity contribution in [3.8, 4) is 17.1 Å². The van der Waals surface area contributed by atoms with Crippen molar-refractivity contribution in [2.45, 2.75) is 38.6 Å². The molecule has 2 heterocycles. The van der Waals surface area contributed by atoms with Crippen LogP contribution in [-0.4, -0.2) is 34.1 Å². The first kappa shape index (κ1) is 20.4. The maximum absolute atomic E-state index is 12.4. The largest absolute Gasteiger partial charge is 0.494 e. The van der Waals surface area contributed by atoms with Gasteiger partial charge in [-0.1, -0.05) is 42.2 Å². The number of hydrogen-bond acceptors (Lipinski definition) is 5. The van der Waals surface area contributed by atoms with E-state index in [4.69, 9.17) is 20.9 Å². The van der Waals surface area contributed by atoms with Gasteiger partial charge in [0, 0.05) is 30.1 Å². The third kappa shape index (κ3) is 4.82. The van der Waals surface area contributed by atoms with Gasteiger partial charge in [0.15, 0.2) is 0 Å².